The van der Waals surface area contributed by atoms with Crippen molar-refractivity contribution in [3.63, 3.8) is 0 Å². The van der Waals surface area contributed by atoms with Crippen LogP contribution >= 0.6 is 0 Å². The lowest BCUT2D eigenvalue weighted by Crippen LogP contribution is -2.56. The number of nitrogens with two attached hydrogens (primary N) is 1. The molecule has 48 heavy (non-hydrogen) atoms. The van der Waals surface area contributed by atoms with Gasteiger partial charge in [0.25, 0.3) is 0 Å². The maximum absolute atomic E-state index is 13.6. The molecule has 0 aromatic heterocycles. The van der Waals surface area contributed by atoms with Gasteiger partial charge in [0.15, 0.2) is 11.6 Å². The van der Waals surface area contributed by atoms with Crippen molar-refractivity contribution >= 4 is 29.6 Å². The van der Waals surface area contributed by atoms with Crippen LogP contribution in [-0.2, 0) is 36.7 Å². The van der Waals surface area contributed by atoms with Gasteiger partial charge in [-0.25, -0.2) is 9.59 Å². The molecule has 1 aliphatic heterocycles. The highest BCUT2D eigenvalue weighted by atomic mass is 16.6. The van der Waals surface area contributed by atoms with E-state index in [9.17, 15) is 34.2 Å². The van der Waals surface area contributed by atoms with Gasteiger partial charge in [-0.1, -0.05) is 45.0 Å². The molecular formula is C35H56N4O9. The molecule has 0 radical (unpaired) electrons. The van der Waals surface area contributed by atoms with Crippen molar-refractivity contribution in [2.45, 2.75) is 123 Å². The predicted molar refractivity (Wildman–Crippen MR) is 180 cm³/mol. The Kier molecular flexibility index (Phi) is 16.0. The Morgan fingerprint density at radius 3 is 2.17 bits per heavy atom. The van der Waals surface area contributed by atoms with Crippen molar-refractivity contribution in [3.8, 4) is 0 Å². The fourth-order valence-corrected chi connectivity index (χ4v) is 5.81. The van der Waals surface area contributed by atoms with Crippen LogP contribution in [0.2, 0.25) is 0 Å². The third-order valence-electron chi connectivity index (χ3n) is 8.57. The molecule has 1 aromatic carbocycles. The predicted octanol–water partition coefficient (Wildman–Crippen LogP) is 2.57. The number of primary amides is 1. The van der Waals surface area contributed by atoms with Crippen LogP contribution in [0.25, 0.3) is 0 Å². The summed E-state index contributed by atoms with van der Waals surface area (Å²) in [5, 5.41) is 29.3. The van der Waals surface area contributed by atoms with E-state index in [0.717, 1.165) is 11.1 Å². The molecule has 2 unspecified atom stereocenters. The van der Waals surface area contributed by atoms with Gasteiger partial charge in [0.05, 0.1) is 18.2 Å². The fraction of sp³-hybridized carbons (Fsp3) is 0.686. The van der Waals surface area contributed by atoms with E-state index in [1.807, 2.05) is 31.2 Å². The van der Waals surface area contributed by atoms with Crippen LogP contribution in [0.15, 0.2) is 24.3 Å². The Hall–Kier alpha value is -3.55. The molecule has 1 fully saturated rings. The van der Waals surface area contributed by atoms with Gasteiger partial charge in [-0.3, -0.25) is 14.4 Å². The normalized spacial score (nSPS) is 22.3. The lowest BCUT2D eigenvalue weighted by atomic mass is 9.81. The molecule has 1 aliphatic rings. The topological polar surface area (TPSA) is 206 Å². The van der Waals surface area contributed by atoms with Crippen molar-refractivity contribution in [1.29, 1.82) is 0 Å². The molecule has 1 aromatic rings. The number of Topliss-reactive ketones (excluding diaryl/α,β-unsaturated/α-hetero) is 2. The highest BCUT2D eigenvalue weighted by molar-refractivity contribution is 5.93. The van der Waals surface area contributed by atoms with E-state index in [1.165, 1.54) is 0 Å². The smallest absolute Gasteiger partial charge is 0.407 e. The lowest BCUT2D eigenvalue weighted by molar-refractivity contribution is -0.198. The minimum Gasteiger partial charge on any atom is -0.444 e. The summed E-state index contributed by atoms with van der Waals surface area (Å²) in [5.41, 5.74) is 6.26. The Morgan fingerprint density at radius 1 is 0.979 bits per heavy atom. The van der Waals surface area contributed by atoms with Gasteiger partial charge in [-0.15, -0.1) is 0 Å². The number of alkyl carbamates (subject to hydrolysis) is 1. The SMILES string of the molecule is CCC1C(C)O[C@H](C(=O)C[C@@H](C(=O)N[C@H](CCCNC(N)=O)C(=O)Cc2ccc(CCNC(=O)OC(C)(C)C)cc2)C(C)C)[C@@H](O)[C@@H]1O. The minimum absolute atomic E-state index is 0.0341. The van der Waals surface area contributed by atoms with Crippen LogP contribution in [-0.4, -0.2) is 89.0 Å². The number of rotatable bonds is 17. The van der Waals surface area contributed by atoms with Crippen LogP contribution in [0, 0.1) is 17.8 Å². The number of ketones is 2. The second-order valence-corrected chi connectivity index (χ2v) is 14.0. The monoisotopic (exact) mass is 676 g/mol. The standard InChI is InChI=1S/C35H56N4O9/c1-8-24-21(4)47-31(30(43)29(24)42)28(41)19-25(20(2)3)32(44)39-26(10-9-16-37-33(36)45)27(40)18-23-13-11-22(12-14-23)15-17-38-34(46)48-35(5,6)7/h11-14,20-21,24-26,29-31,42-43H,8-10,15-19H2,1-7H3,(H,38,46)(H,39,44)(H3,36,37,45)/t21?,24?,25-,26-,29-,30+,31-/m1/s1. The zero-order valence-corrected chi connectivity index (χ0v) is 29.4. The van der Waals surface area contributed by atoms with Crippen molar-refractivity contribution in [2.75, 3.05) is 13.1 Å². The van der Waals surface area contributed by atoms with E-state index in [1.54, 1.807) is 41.5 Å². The molecule has 0 spiro atoms. The number of aliphatic hydroxyl groups is 2. The van der Waals surface area contributed by atoms with E-state index in [2.05, 4.69) is 16.0 Å². The van der Waals surface area contributed by atoms with Crippen LogP contribution in [0.3, 0.4) is 0 Å². The summed E-state index contributed by atoms with van der Waals surface area (Å²) in [7, 11) is 0. The fourth-order valence-electron chi connectivity index (χ4n) is 5.81. The molecule has 0 bridgehead atoms. The summed E-state index contributed by atoms with van der Waals surface area (Å²) >= 11 is 0. The molecule has 4 amide bonds. The second-order valence-electron chi connectivity index (χ2n) is 14.0. The van der Waals surface area contributed by atoms with Crippen molar-refractivity contribution in [1.82, 2.24) is 16.0 Å². The Labute approximate surface area is 284 Å². The molecule has 7 atom stereocenters. The number of hydrogen-bond acceptors (Lipinski definition) is 9. The largest absolute Gasteiger partial charge is 0.444 e. The molecule has 1 heterocycles. The van der Waals surface area contributed by atoms with Crippen LogP contribution in [0.5, 0.6) is 0 Å². The van der Waals surface area contributed by atoms with E-state index in [4.69, 9.17) is 15.2 Å². The molecule has 2 rings (SSSR count). The number of carbonyl (C=O) groups excluding carboxylic acids is 5. The molecule has 0 saturated carbocycles. The zero-order valence-electron chi connectivity index (χ0n) is 29.4. The van der Waals surface area contributed by atoms with Crippen molar-refractivity contribution in [3.05, 3.63) is 35.4 Å². The number of carbonyl (C=O) groups is 5. The van der Waals surface area contributed by atoms with Gasteiger partial charge in [0.1, 0.15) is 17.8 Å². The van der Waals surface area contributed by atoms with E-state index in [-0.39, 0.29) is 43.4 Å². The zero-order chi connectivity index (χ0) is 36.2. The summed E-state index contributed by atoms with van der Waals surface area (Å²) in [5.74, 6) is -2.66. The number of urea groups is 1. The average molecular weight is 677 g/mol. The summed E-state index contributed by atoms with van der Waals surface area (Å²) in [4.78, 5) is 63.5. The Morgan fingerprint density at radius 2 is 1.60 bits per heavy atom. The Bertz CT molecular complexity index is 1230. The number of nitrogens with one attached hydrogen (secondary N) is 3. The first-order valence-electron chi connectivity index (χ1n) is 16.9. The van der Waals surface area contributed by atoms with Gasteiger partial charge >= 0.3 is 12.1 Å². The van der Waals surface area contributed by atoms with Gasteiger partial charge in [0.2, 0.25) is 5.91 Å². The summed E-state index contributed by atoms with van der Waals surface area (Å²) < 4.78 is 11.1. The van der Waals surface area contributed by atoms with E-state index in [0.29, 0.717) is 25.8 Å². The first kappa shape index (κ1) is 40.6. The maximum Gasteiger partial charge on any atom is 0.407 e. The molecule has 7 N–H and O–H groups in total. The minimum atomic E-state index is -1.41. The number of ether oxygens (including phenoxy) is 2. The van der Waals surface area contributed by atoms with Gasteiger partial charge in [-0.05, 0) is 70.4 Å². The lowest BCUT2D eigenvalue weighted by Gasteiger charge is -2.41. The van der Waals surface area contributed by atoms with Gasteiger partial charge in [-0.2, -0.15) is 0 Å². The first-order valence-corrected chi connectivity index (χ1v) is 16.9. The Balaban J connectivity index is 2.08. The number of aliphatic hydroxyl groups excluding tert-OH is 2. The highest BCUT2D eigenvalue weighted by Crippen LogP contribution is 2.30. The third kappa shape index (κ3) is 13.2. The van der Waals surface area contributed by atoms with Crippen LogP contribution in [0.4, 0.5) is 9.59 Å². The molecule has 13 heteroatoms. The number of amides is 4. The molecule has 0 aliphatic carbocycles. The molecule has 13 nitrogen and oxygen atoms in total. The average Bonchev–Trinajstić information content (AvgIpc) is 2.98. The summed E-state index contributed by atoms with van der Waals surface area (Å²) in [6.07, 6.45) is -3.22. The molecule has 270 valence electrons. The number of benzene rings is 1. The van der Waals surface area contributed by atoms with E-state index >= 15 is 0 Å². The van der Waals surface area contributed by atoms with Gasteiger partial charge < -0.3 is 41.4 Å². The second kappa shape index (κ2) is 18.8. The van der Waals surface area contributed by atoms with Crippen LogP contribution < -0.4 is 21.7 Å². The van der Waals surface area contributed by atoms with Crippen molar-refractivity contribution < 1.29 is 43.7 Å². The van der Waals surface area contributed by atoms with Gasteiger partial charge in [0, 0.05) is 37.8 Å². The quantitative estimate of drug-likeness (QED) is 0.134. The highest BCUT2D eigenvalue weighted by Gasteiger charge is 2.45. The summed E-state index contributed by atoms with van der Waals surface area (Å²) in [6.45, 7) is 13.2. The third-order valence-corrected chi connectivity index (χ3v) is 8.57. The first-order chi connectivity index (χ1) is 22.4. The van der Waals surface area contributed by atoms with Crippen molar-refractivity contribution in [2.24, 2.45) is 23.5 Å². The maximum atomic E-state index is 13.6. The molecular weight excluding hydrogens is 620 g/mol. The van der Waals surface area contributed by atoms with E-state index < -0.39 is 65.8 Å². The van der Waals surface area contributed by atoms with Crippen LogP contribution in [0.1, 0.15) is 85.3 Å². The molecule has 1 saturated heterocycles. The number of hydrogen-bond donors (Lipinski definition) is 6. The summed E-state index contributed by atoms with van der Waals surface area (Å²) in [6, 6.07) is 5.78.